The van der Waals surface area contributed by atoms with Gasteiger partial charge in [0.1, 0.15) is 11.0 Å². The van der Waals surface area contributed by atoms with E-state index in [4.69, 9.17) is 9.97 Å². The smallest absolute Gasteiger partial charge is 0.101 e. The van der Waals surface area contributed by atoms with Crippen LogP contribution >= 0.6 is 14.4 Å². The predicted octanol–water partition coefficient (Wildman–Crippen LogP) is 7.37. The van der Waals surface area contributed by atoms with Crippen molar-refractivity contribution in [2.75, 3.05) is 0 Å². The van der Waals surface area contributed by atoms with Gasteiger partial charge in [-0.2, -0.15) is 0 Å². The number of rotatable bonds is 1. The Hall–Kier alpha value is -2.66. The lowest BCUT2D eigenvalue weighted by Crippen LogP contribution is -1.74. The molecule has 0 saturated carbocycles. The van der Waals surface area contributed by atoms with Crippen LogP contribution in [0.15, 0.2) is 85.2 Å². The highest BCUT2D eigenvalue weighted by atomic mass is 32.0. The summed E-state index contributed by atoms with van der Waals surface area (Å²) >= 11 is 0. The summed E-state index contributed by atoms with van der Waals surface area (Å²) in [7, 11) is -0.978. The quantitative estimate of drug-likeness (QED) is 0.303. The van der Waals surface area contributed by atoms with Gasteiger partial charge in [0.2, 0.25) is 0 Å². The van der Waals surface area contributed by atoms with Gasteiger partial charge in [0.15, 0.2) is 0 Å². The molecule has 0 bridgehead atoms. The Morgan fingerprint density at radius 2 is 0.885 bits per heavy atom. The minimum Gasteiger partial charge on any atom is -0.254 e. The fraction of sp³-hybridized carbons (Fsp3) is 0. The highest BCUT2D eigenvalue weighted by molar-refractivity contribution is 8.29. The van der Waals surface area contributed by atoms with Gasteiger partial charge < -0.3 is 0 Å². The first kappa shape index (κ1) is 14.5. The zero-order valence-electron chi connectivity index (χ0n) is 13.9. The van der Waals surface area contributed by atoms with E-state index in [-0.39, 0.29) is 0 Å². The van der Waals surface area contributed by atoms with Crippen LogP contribution in [0.4, 0.5) is 0 Å². The van der Waals surface area contributed by atoms with Crippen LogP contribution in [0.5, 0.6) is 0 Å². The number of benzene rings is 2. The van der Waals surface area contributed by atoms with Crippen molar-refractivity contribution in [3.8, 4) is 0 Å². The first-order chi connectivity index (χ1) is 12.9. The molecule has 0 aliphatic heterocycles. The molecule has 2 nitrogen and oxygen atoms in total. The Bertz CT molecular complexity index is 1220. The van der Waals surface area contributed by atoms with Gasteiger partial charge >= 0.3 is 0 Å². The van der Waals surface area contributed by atoms with Crippen LogP contribution < -0.4 is 0 Å². The van der Waals surface area contributed by atoms with Gasteiger partial charge in [-0.3, -0.25) is 9.97 Å². The molecular weight excluding hydrogens is 354 g/mol. The third-order valence-corrected chi connectivity index (χ3v) is 12.5. The number of fused-ring (bicyclic) bond motifs is 6. The van der Waals surface area contributed by atoms with Crippen molar-refractivity contribution in [1.82, 2.24) is 9.97 Å². The van der Waals surface area contributed by atoms with Crippen LogP contribution in [0.3, 0.4) is 0 Å². The molecule has 4 heteroatoms. The number of nitrogens with zero attached hydrogens (tertiary/aromatic N) is 2. The van der Waals surface area contributed by atoms with Gasteiger partial charge in [-0.25, -0.2) is 0 Å². The van der Waals surface area contributed by atoms with Crippen molar-refractivity contribution in [2.45, 2.75) is 0 Å². The van der Waals surface area contributed by atoms with Crippen molar-refractivity contribution in [1.29, 1.82) is 0 Å². The molecule has 26 heavy (non-hydrogen) atoms. The highest BCUT2D eigenvalue weighted by Gasteiger charge is 2.20. The molecule has 6 aromatic rings. The molecule has 4 heterocycles. The molecule has 0 aliphatic rings. The Morgan fingerprint density at radius 1 is 0.462 bits per heavy atom. The van der Waals surface area contributed by atoms with Gasteiger partial charge in [-0.05, 0) is 47.2 Å². The molecule has 0 fully saturated rings. The lowest BCUT2D eigenvalue weighted by Gasteiger charge is -2.05. The van der Waals surface area contributed by atoms with E-state index < -0.39 is 14.4 Å². The number of hydrogen-bond acceptors (Lipinski definition) is 2. The molecule has 0 amide bonds. The first-order valence-electron chi connectivity index (χ1n) is 8.62. The minimum absolute atomic E-state index is 0.466. The summed E-state index contributed by atoms with van der Waals surface area (Å²) in [5.41, 5.74) is 2.16. The van der Waals surface area contributed by atoms with Crippen LogP contribution in [0.2, 0.25) is 0 Å². The van der Waals surface area contributed by atoms with Gasteiger partial charge in [-0.15, -0.1) is 0 Å². The molecule has 0 atom stereocenters. The van der Waals surface area contributed by atoms with Crippen molar-refractivity contribution < 1.29 is 0 Å². The van der Waals surface area contributed by atoms with Crippen LogP contribution in [0.25, 0.3) is 42.3 Å². The maximum absolute atomic E-state index is 4.70. The molecular formula is C22H14N2P2. The number of hydrogen-bond donors (Lipinski definition) is 0. The summed E-state index contributed by atoms with van der Waals surface area (Å²) in [6.07, 6.45) is 3.78. The van der Waals surface area contributed by atoms with E-state index in [9.17, 15) is 0 Å². The standard InChI is InChI=1S/C22H14N2P2/c1-3-9-17-15(7-1)16-8-2-4-10-18(16)25(17)26-19-11-5-13-23-21(19)22-20(26)12-6-14-24-22/h1-14H. The fourth-order valence-corrected chi connectivity index (χ4v) is 12.4. The number of aromatic nitrogens is 2. The highest BCUT2D eigenvalue weighted by Crippen LogP contribution is 2.71. The normalized spacial score (nSPS) is 11.8. The Kier molecular flexibility index (Phi) is 3.02. The lowest BCUT2D eigenvalue weighted by molar-refractivity contribution is 1.39. The Labute approximate surface area is 152 Å². The average Bonchev–Trinajstić information content (AvgIpc) is 3.21. The fourth-order valence-electron chi connectivity index (χ4n) is 3.96. The zero-order chi connectivity index (χ0) is 17.1. The van der Waals surface area contributed by atoms with Gasteiger partial charge in [0.05, 0.1) is 0 Å². The zero-order valence-corrected chi connectivity index (χ0v) is 15.7. The molecule has 0 aliphatic carbocycles. The van der Waals surface area contributed by atoms with Crippen molar-refractivity contribution >= 4 is 56.7 Å². The Morgan fingerprint density at radius 3 is 1.42 bits per heavy atom. The van der Waals surface area contributed by atoms with Crippen LogP contribution in [0, 0.1) is 0 Å². The van der Waals surface area contributed by atoms with E-state index in [1.807, 2.05) is 12.4 Å². The van der Waals surface area contributed by atoms with Gasteiger partial charge in [0.25, 0.3) is 0 Å². The summed E-state index contributed by atoms with van der Waals surface area (Å²) in [6.45, 7) is 0. The predicted molar refractivity (Wildman–Crippen MR) is 115 cm³/mol. The van der Waals surface area contributed by atoms with E-state index in [0.29, 0.717) is 0 Å². The van der Waals surface area contributed by atoms with E-state index in [0.717, 1.165) is 11.0 Å². The average molecular weight is 368 g/mol. The monoisotopic (exact) mass is 368 g/mol. The molecule has 122 valence electrons. The maximum atomic E-state index is 4.70. The largest absolute Gasteiger partial charge is 0.254 e. The molecule has 0 saturated heterocycles. The third-order valence-electron chi connectivity index (χ3n) is 5.01. The van der Waals surface area contributed by atoms with E-state index >= 15 is 0 Å². The SMILES string of the molecule is c1ccc2c(c1)c1ccccc1p2-p1c2cccnc2c2ncccc21. The van der Waals surface area contributed by atoms with Crippen LogP contribution in [0.1, 0.15) is 0 Å². The molecule has 0 radical (unpaired) electrons. The second-order valence-electron chi connectivity index (χ2n) is 6.40. The molecule has 2 aromatic carbocycles. The Balaban J connectivity index is 1.93. The third kappa shape index (κ3) is 1.84. The van der Waals surface area contributed by atoms with Crippen molar-refractivity contribution in [2.24, 2.45) is 0 Å². The lowest BCUT2D eigenvalue weighted by atomic mass is 10.2. The maximum Gasteiger partial charge on any atom is 0.101 e. The second kappa shape index (κ2) is 5.42. The summed E-state index contributed by atoms with van der Waals surface area (Å²) in [6, 6.07) is 26.5. The van der Waals surface area contributed by atoms with E-state index in [2.05, 4.69) is 72.8 Å². The summed E-state index contributed by atoms with van der Waals surface area (Å²) in [5, 5.41) is 8.57. The molecule has 6 rings (SSSR count). The van der Waals surface area contributed by atoms with Gasteiger partial charge in [0, 0.05) is 32.9 Å². The molecule has 0 unspecified atom stereocenters. The second-order valence-corrected chi connectivity index (χ2v) is 12.0. The number of pyridine rings is 2. The summed E-state index contributed by atoms with van der Waals surface area (Å²) in [4.78, 5) is 9.40. The molecule has 0 spiro atoms. The van der Waals surface area contributed by atoms with E-state index in [1.165, 1.54) is 31.2 Å². The minimum atomic E-state index is -0.511. The van der Waals surface area contributed by atoms with E-state index in [1.54, 1.807) is 0 Å². The molecule has 4 aromatic heterocycles. The summed E-state index contributed by atoms with van der Waals surface area (Å²) < 4.78 is 0. The summed E-state index contributed by atoms with van der Waals surface area (Å²) in [5.74, 6) is 0. The molecule has 0 N–H and O–H groups in total. The van der Waals surface area contributed by atoms with Crippen LogP contribution in [-0.2, 0) is 0 Å². The van der Waals surface area contributed by atoms with Crippen molar-refractivity contribution in [3.63, 3.8) is 0 Å². The van der Waals surface area contributed by atoms with Crippen LogP contribution in [-0.4, -0.2) is 9.97 Å². The topological polar surface area (TPSA) is 25.8 Å². The first-order valence-corrected chi connectivity index (χ1v) is 12.0. The van der Waals surface area contributed by atoms with Crippen molar-refractivity contribution in [3.05, 3.63) is 85.2 Å². The van der Waals surface area contributed by atoms with Gasteiger partial charge in [-0.1, -0.05) is 50.8 Å².